The molecule has 0 spiro atoms. The van der Waals surface area contributed by atoms with E-state index in [0.717, 1.165) is 18.4 Å². The molecule has 6 heteroatoms. The molecule has 1 heterocycles. The lowest BCUT2D eigenvalue weighted by molar-refractivity contribution is 0.157. The van der Waals surface area contributed by atoms with Crippen molar-refractivity contribution in [2.75, 3.05) is 7.11 Å². The topological polar surface area (TPSA) is 67.4 Å². The van der Waals surface area contributed by atoms with E-state index in [1.165, 1.54) is 7.11 Å². The highest BCUT2D eigenvalue weighted by molar-refractivity contribution is 7.89. The molecule has 2 N–H and O–H groups in total. The van der Waals surface area contributed by atoms with Crippen LogP contribution in [0.25, 0.3) is 0 Å². The molecule has 0 amide bonds. The number of sulfonamides is 1. The Balaban J connectivity index is 2.34. The van der Waals surface area contributed by atoms with Crippen molar-refractivity contribution in [3.8, 4) is 5.75 Å². The molecule has 0 aromatic heterocycles. The second-order valence-electron chi connectivity index (χ2n) is 8.68. The fourth-order valence-electron chi connectivity index (χ4n) is 3.95. The molecule has 0 atom stereocenters. The number of benzene rings is 1. The fraction of sp³-hybridized carbons (Fsp3) is 0.684. The Kier molecular flexibility index (Phi) is 5.57. The van der Waals surface area contributed by atoms with Crippen molar-refractivity contribution in [3.63, 3.8) is 0 Å². The molecule has 0 saturated carbocycles. The predicted octanol–water partition coefficient (Wildman–Crippen LogP) is 3.41. The van der Waals surface area contributed by atoms with Crippen molar-refractivity contribution in [3.05, 3.63) is 23.8 Å². The van der Waals surface area contributed by atoms with Crippen molar-refractivity contribution in [1.82, 2.24) is 10.0 Å². The Bertz CT molecular complexity index is 708. The highest BCUT2D eigenvalue weighted by Gasteiger charge is 2.39. The molecule has 142 valence electrons. The number of hydrogen-bond acceptors (Lipinski definition) is 4. The molecule has 1 saturated heterocycles. The maximum absolute atomic E-state index is 13.1. The van der Waals surface area contributed by atoms with Gasteiger partial charge in [0.15, 0.2) is 0 Å². The molecule has 0 aliphatic carbocycles. The zero-order valence-electron chi connectivity index (χ0n) is 16.4. The molecule has 1 aliphatic heterocycles. The van der Waals surface area contributed by atoms with Crippen molar-refractivity contribution in [2.24, 2.45) is 0 Å². The minimum atomic E-state index is -3.66. The minimum Gasteiger partial charge on any atom is -0.495 e. The number of nitrogens with one attached hydrogen (secondary N) is 2. The van der Waals surface area contributed by atoms with Gasteiger partial charge in [0.2, 0.25) is 10.0 Å². The molecule has 2 rings (SSSR count). The van der Waals surface area contributed by atoms with Crippen molar-refractivity contribution < 1.29 is 13.2 Å². The summed E-state index contributed by atoms with van der Waals surface area (Å²) in [6.07, 6.45) is 1.48. The summed E-state index contributed by atoms with van der Waals surface area (Å²) < 4.78 is 34.4. The Labute approximate surface area is 152 Å². The Morgan fingerprint density at radius 2 is 1.72 bits per heavy atom. The molecule has 1 aromatic rings. The average Bonchev–Trinajstić information content (AvgIpc) is 2.42. The highest BCUT2D eigenvalue weighted by Crippen LogP contribution is 2.32. The van der Waals surface area contributed by atoms with E-state index in [0.29, 0.717) is 5.75 Å². The van der Waals surface area contributed by atoms with Crippen molar-refractivity contribution >= 4 is 10.0 Å². The van der Waals surface area contributed by atoms with Crippen LogP contribution < -0.4 is 14.8 Å². The van der Waals surface area contributed by atoms with Gasteiger partial charge in [-0.1, -0.05) is 19.9 Å². The van der Waals surface area contributed by atoms with Gasteiger partial charge in [0.05, 0.1) is 7.11 Å². The number of rotatable bonds is 5. The largest absolute Gasteiger partial charge is 0.495 e. The quantitative estimate of drug-likeness (QED) is 0.836. The molecule has 5 nitrogen and oxygen atoms in total. The first-order valence-electron chi connectivity index (χ1n) is 8.85. The van der Waals surface area contributed by atoms with Crippen LogP contribution in [0.15, 0.2) is 23.1 Å². The molecule has 1 aromatic carbocycles. The normalized spacial score (nSPS) is 20.6. The van der Waals surface area contributed by atoms with Crippen LogP contribution in [0.2, 0.25) is 0 Å². The maximum atomic E-state index is 13.1. The summed E-state index contributed by atoms with van der Waals surface area (Å²) >= 11 is 0. The lowest BCUT2D eigenvalue weighted by Gasteiger charge is -2.46. The van der Waals surface area contributed by atoms with Gasteiger partial charge in [-0.05, 0) is 64.2 Å². The molecule has 1 fully saturated rings. The van der Waals surface area contributed by atoms with Gasteiger partial charge >= 0.3 is 0 Å². The summed E-state index contributed by atoms with van der Waals surface area (Å²) in [7, 11) is -2.16. The van der Waals surface area contributed by atoms with E-state index >= 15 is 0 Å². The Morgan fingerprint density at radius 3 is 2.20 bits per heavy atom. The van der Waals surface area contributed by atoms with Crippen LogP contribution in [0, 0.1) is 0 Å². The van der Waals surface area contributed by atoms with Gasteiger partial charge in [-0.3, -0.25) is 0 Å². The summed E-state index contributed by atoms with van der Waals surface area (Å²) in [6.45, 7) is 12.5. The predicted molar refractivity (Wildman–Crippen MR) is 102 cm³/mol. The standard InChI is InChI=1S/C19H32N2O3S/c1-13(2)14-8-9-16(24-7)17(10-14)25(22,23)20-15-11-18(3,4)21-19(5,6)12-15/h8-10,13,15,20-21H,11-12H2,1-7H3. The van der Waals surface area contributed by atoms with E-state index in [-0.39, 0.29) is 27.9 Å². The summed E-state index contributed by atoms with van der Waals surface area (Å²) in [6, 6.07) is 5.26. The smallest absolute Gasteiger partial charge is 0.244 e. The van der Waals surface area contributed by atoms with Gasteiger partial charge in [0, 0.05) is 17.1 Å². The first-order chi connectivity index (χ1) is 11.4. The van der Waals surface area contributed by atoms with Gasteiger partial charge in [-0.25, -0.2) is 13.1 Å². The van der Waals surface area contributed by atoms with Gasteiger partial charge in [-0.15, -0.1) is 0 Å². The monoisotopic (exact) mass is 368 g/mol. The number of ether oxygens (including phenoxy) is 1. The van der Waals surface area contributed by atoms with Crippen LogP contribution in [0.3, 0.4) is 0 Å². The molecular weight excluding hydrogens is 336 g/mol. The van der Waals surface area contributed by atoms with E-state index in [1.807, 2.05) is 19.9 Å². The van der Waals surface area contributed by atoms with Gasteiger partial charge in [0.1, 0.15) is 10.6 Å². The summed E-state index contributed by atoms with van der Waals surface area (Å²) in [5, 5.41) is 3.57. The second-order valence-corrected chi connectivity index (χ2v) is 10.4. The molecule has 0 bridgehead atoms. The maximum Gasteiger partial charge on any atom is 0.244 e. The summed E-state index contributed by atoms with van der Waals surface area (Å²) in [5.41, 5.74) is 0.726. The first-order valence-corrected chi connectivity index (χ1v) is 10.3. The van der Waals surface area contributed by atoms with Gasteiger partial charge < -0.3 is 10.1 Å². The number of methoxy groups -OCH3 is 1. The van der Waals surface area contributed by atoms with Crippen molar-refractivity contribution in [2.45, 2.75) is 82.3 Å². The van der Waals surface area contributed by atoms with E-state index in [9.17, 15) is 8.42 Å². The van der Waals surface area contributed by atoms with Crippen LogP contribution in [0.1, 0.15) is 65.9 Å². The fourth-order valence-corrected chi connectivity index (χ4v) is 5.39. The van der Waals surface area contributed by atoms with E-state index in [1.54, 1.807) is 12.1 Å². The average molecular weight is 369 g/mol. The third kappa shape index (κ3) is 4.96. The van der Waals surface area contributed by atoms with Crippen LogP contribution in [-0.2, 0) is 10.0 Å². The van der Waals surface area contributed by atoms with Crippen LogP contribution in [-0.4, -0.2) is 32.6 Å². The number of piperidine rings is 1. The van der Waals surface area contributed by atoms with E-state index in [4.69, 9.17) is 4.74 Å². The SMILES string of the molecule is COc1ccc(C(C)C)cc1S(=O)(=O)NC1CC(C)(C)NC(C)(C)C1. The lowest BCUT2D eigenvalue weighted by atomic mass is 9.80. The first kappa shape index (κ1) is 20.2. The van der Waals surface area contributed by atoms with E-state index in [2.05, 4.69) is 37.7 Å². The van der Waals surface area contributed by atoms with E-state index < -0.39 is 10.0 Å². The van der Waals surface area contributed by atoms with Gasteiger partial charge in [0.25, 0.3) is 0 Å². The summed E-state index contributed by atoms with van der Waals surface area (Å²) in [5.74, 6) is 0.626. The molecule has 25 heavy (non-hydrogen) atoms. The zero-order valence-corrected chi connectivity index (χ0v) is 17.3. The van der Waals surface area contributed by atoms with Crippen LogP contribution in [0.4, 0.5) is 0 Å². The summed E-state index contributed by atoms with van der Waals surface area (Å²) in [4.78, 5) is 0.218. The highest BCUT2D eigenvalue weighted by atomic mass is 32.2. The van der Waals surface area contributed by atoms with Crippen LogP contribution >= 0.6 is 0 Å². The number of hydrogen-bond donors (Lipinski definition) is 2. The molecule has 0 unspecified atom stereocenters. The second kappa shape index (κ2) is 6.89. The Morgan fingerprint density at radius 1 is 1.16 bits per heavy atom. The lowest BCUT2D eigenvalue weighted by Crippen LogP contribution is -2.62. The molecule has 0 radical (unpaired) electrons. The minimum absolute atomic E-state index is 0.122. The Hall–Kier alpha value is -1.11. The van der Waals surface area contributed by atoms with Crippen LogP contribution in [0.5, 0.6) is 5.75 Å². The third-order valence-electron chi connectivity index (χ3n) is 4.66. The van der Waals surface area contributed by atoms with Gasteiger partial charge in [-0.2, -0.15) is 0 Å². The third-order valence-corrected chi connectivity index (χ3v) is 6.20. The van der Waals surface area contributed by atoms with Crippen molar-refractivity contribution in [1.29, 1.82) is 0 Å². The molecule has 1 aliphatic rings. The zero-order chi connectivity index (χ0) is 19.0. The molecular formula is C19H32N2O3S.